The Hall–Kier alpha value is -1.94. The minimum absolute atomic E-state index is 0.329. The van der Waals surface area contributed by atoms with E-state index in [1.807, 2.05) is 39.0 Å². The van der Waals surface area contributed by atoms with E-state index in [0.717, 1.165) is 18.4 Å². The first-order chi connectivity index (χ1) is 8.72. The van der Waals surface area contributed by atoms with Crippen molar-refractivity contribution >= 4 is 0 Å². The summed E-state index contributed by atoms with van der Waals surface area (Å²) in [4.78, 5) is 0. The highest BCUT2D eigenvalue weighted by Crippen LogP contribution is 2.07. The first kappa shape index (κ1) is 16.1. The maximum absolute atomic E-state index is 8.76. The van der Waals surface area contributed by atoms with Crippen molar-refractivity contribution in [3.8, 4) is 18.1 Å². The van der Waals surface area contributed by atoms with Gasteiger partial charge in [0, 0.05) is 5.57 Å². The van der Waals surface area contributed by atoms with Crippen LogP contribution in [0.3, 0.4) is 0 Å². The summed E-state index contributed by atoms with van der Waals surface area (Å²) in [6, 6.07) is 7.09. The van der Waals surface area contributed by atoms with Gasteiger partial charge < -0.3 is 5.11 Å². The van der Waals surface area contributed by atoms with Gasteiger partial charge in [0.05, 0.1) is 0 Å². The molecule has 2 rings (SSSR count). The van der Waals surface area contributed by atoms with Gasteiger partial charge in [-0.3, -0.25) is 0 Å². The van der Waals surface area contributed by atoms with Crippen molar-refractivity contribution in [2.45, 2.75) is 33.6 Å². The molecule has 1 aromatic carbocycles. The molecular weight excluding hydrogens is 220 g/mol. The van der Waals surface area contributed by atoms with Crippen LogP contribution in [0, 0.1) is 19.3 Å². The molecule has 0 aromatic heterocycles. The molecule has 0 radical (unpaired) electrons. The van der Waals surface area contributed by atoms with Gasteiger partial charge in [0.15, 0.2) is 0 Å². The molecule has 1 N–H and O–H groups in total. The van der Waals surface area contributed by atoms with Gasteiger partial charge in [-0.1, -0.05) is 55.7 Å². The molecule has 0 bridgehead atoms. The third kappa shape index (κ3) is 7.35. The highest BCUT2D eigenvalue weighted by Gasteiger charge is 1.89. The molecule has 1 aromatic rings. The molecule has 96 valence electrons. The second-order valence-electron chi connectivity index (χ2n) is 3.62. The second kappa shape index (κ2) is 10.2. The lowest BCUT2D eigenvalue weighted by Crippen LogP contribution is -1.78. The first-order valence-corrected chi connectivity index (χ1v) is 6.31. The van der Waals surface area contributed by atoms with Crippen LogP contribution in [-0.2, 0) is 0 Å². The molecular formula is C17H22O. The van der Waals surface area contributed by atoms with Gasteiger partial charge in [0.1, 0.15) is 5.75 Å². The Morgan fingerprint density at radius 2 is 1.72 bits per heavy atom. The molecule has 18 heavy (non-hydrogen) atoms. The van der Waals surface area contributed by atoms with Gasteiger partial charge in [-0.2, -0.15) is 0 Å². The minimum Gasteiger partial charge on any atom is -0.508 e. The number of benzene rings is 1. The minimum atomic E-state index is 0.329. The summed E-state index contributed by atoms with van der Waals surface area (Å²) < 4.78 is 0. The number of terminal acetylenes is 1. The normalized spacial score (nSPS) is 12.0. The molecule has 0 saturated carbocycles. The fraction of sp³-hybridized carbons (Fsp3) is 0.294. The molecule has 0 saturated heterocycles. The second-order valence-corrected chi connectivity index (χ2v) is 3.62. The summed E-state index contributed by atoms with van der Waals surface area (Å²) in [5.41, 5.74) is 2.19. The molecule has 1 aliphatic rings. The SMILES string of the molecule is C#CC1=CCCC=C1.CC.Cc1ccc(O)cc1. The fourth-order valence-electron chi connectivity index (χ4n) is 1.27. The van der Waals surface area contributed by atoms with E-state index in [1.54, 1.807) is 12.1 Å². The van der Waals surface area contributed by atoms with Crippen LogP contribution in [-0.4, -0.2) is 5.11 Å². The molecule has 0 unspecified atom stereocenters. The van der Waals surface area contributed by atoms with Crippen molar-refractivity contribution in [3.05, 3.63) is 53.6 Å². The van der Waals surface area contributed by atoms with Crippen molar-refractivity contribution in [1.82, 2.24) is 0 Å². The van der Waals surface area contributed by atoms with Crippen molar-refractivity contribution in [3.63, 3.8) is 0 Å². The van der Waals surface area contributed by atoms with Gasteiger partial charge >= 0.3 is 0 Å². The smallest absolute Gasteiger partial charge is 0.115 e. The van der Waals surface area contributed by atoms with Crippen molar-refractivity contribution in [2.24, 2.45) is 0 Å². The van der Waals surface area contributed by atoms with Crippen LogP contribution >= 0.6 is 0 Å². The van der Waals surface area contributed by atoms with E-state index >= 15 is 0 Å². The van der Waals surface area contributed by atoms with E-state index in [4.69, 9.17) is 11.5 Å². The Bertz CT molecular complexity index is 395. The van der Waals surface area contributed by atoms with Crippen LogP contribution in [0.4, 0.5) is 0 Å². The topological polar surface area (TPSA) is 20.2 Å². The summed E-state index contributed by atoms with van der Waals surface area (Å²) >= 11 is 0. The van der Waals surface area contributed by atoms with E-state index in [0.29, 0.717) is 5.75 Å². The number of allylic oxidation sites excluding steroid dienone is 4. The highest BCUT2D eigenvalue weighted by molar-refractivity contribution is 5.37. The molecule has 1 heteroatoms. The first-order valence-electron chi connectivity index (χ1n) is 6.31. The molecule has 1 nitrogen and oxygen atoms in total. The summed E-state index contributed by atoms with van der Waals surface area (Å²) in [5, 5.41) is 8.76. The predicted molar refractivity (Wildman–Crippen MR) is 79.5 cm³/mol. The molecule has 0 heterocycles. The van der Waals surface area contributed by atoms with Gasteiger partial charge in [-0.05, 0) is 31.9 Å². The number of phenolic OH excluding ortho intramolecular Hbond substituents is 1. The predicted octanol–water partition coefficient (Wildman–Crippen LogP) is 4.62. The summed E-state index contributed by atoms with van der Waals surface area (Å²) in [5.74, 6) is 2.91. The number of hydrogen-bond donors (Lipinski definition) is 1. The lowest BCUT2D eigenvalue weighted by molar-refractivity contribution is 0.475. The van der Waals surface area contributed by atoms with Gasteiger partial charge in [0.2, 0.25) is 0 Å². The average Bonchev–Trinajstić information content (AvgIpc) is 2.46. The Morgan fingerprint density at radius 1 is 1.11 bits per heavy atom. The zero-order chi connectivity index (χ0) is 13.8. The van der Waals surface area contributed by atoms with Gasteiger partial charge in [-0.15, -0.1) is 6.42 Å². The summed E-state index contributed by atoms with van der Waals surface area (Å²) in [6.45, 7) is 5.99. The zero-order valence-electron chi connectivity index (χ0n) is 11.5. The van der Waals surface area contributed by atoms with Crippen molar-refractivity contribution in [1.29, 1.82) is 0 Å². The van der Waals surface area contributed by atoms with E-state index < -0.39 is 0 Å². The standard InChI is InChI=1S/C8H8.C7H8O.C2H6/c1-2-8-6-4-3-5-7-8;1-6-2-4-7(8)5-3-6;1-2/h1,4,6-7H,3,5H2;2-5,8H,1H3;1-2H3. The fourth-order valence-corrected chi connectivity index (χ4v) is 1.27. The quantitative estimate of drug-likeness (QED) is 0.658. The lowest BCUT2D eigenvalue weighted by atomic mass is 10.1. The molecule has 0 fully saturated rings. The maximum Gasteiger partial charge on any atom is 0.115 e. The Labute approximate surface area is 111 Å². The van der Waals surface area contributed by atoms with E-state index in [-0.39, 0.29) is 0 Å². The van der Waals surface area contributed by atoms with Crippen LogP contribution in [0.15, 0.2) is 48.1 Å². The largest absolute Gasteiger partial charge is 0.508 e. The Balaban J connectivity index is 0.000000283. The number of rotatable bonds is 0. The van der Waals surface area contributed by atoms with Crippen LogP contribution in [0.1, 0.15) is 32.3 Å². The van der Waals surface area contributed by atoms with Crippen LogP contribution in [0.2, 0.25) is 0 Å². The number of hydrogen-bond acceptors (Lipinski definition) is 1. The van der Waals surface area contributed by atoms with E-state index in [2.05, 4.69) is 18.1 Å². The summed E-state index contributed by atoms with van der Waals surface area (Å²) in [7, 11) is 0. The third-order valence-corrected chi connectivity index (χ3v) is 2.20. The van der Waals surface area contributed by atoms with Crippen LogP contribution in [0.5, 0.6) is 5.75 Å². The maximum atomic E-state index is 8.76. The van der Waals surface area contributed by atoms with Crippen molar-refractivity contribution in [2.75, 3.05) is 0 Å². The van der Waals surface area contributed by atoms with E-state index in [9.17, 15) is 0 Å². The van der Waals surface area contributed by atoms with Crippen LogP contribution in [0.25, 0.3) is 0 Å². The highest BCUT2D eigenvalue weighted by atomic mass is 16.3. The molecule has 1 aliphatic carbocycles. The monoisotopic (exact) mass is 242 g/mol. The third-order valence-electron chi connectivity index (χ3n) is 2.20. The van der Waals surface area contributed by atoms with Gasteiger partial charge in [-0.25, -0.2) is 0 Å². The summed E-state index contributed by atoms with van der Waals surface area (Å²) in [6.07, 6.45) is 13.6. The number of phenols is 1. The molecule has 0 aliphatic heterocycles. The molecule has 0 amide bonds. The molecule has 0 atom stereocenters. The van der Waals surface area contributed by atoms with Crippen LogP contribution < -0.4 is 0 Å². The molecule has 0 spiro atoms. The number of aromatic hydroxyl groups is 1. The Kier molecular flexibility index (Phi) is 9.13. The van der Waals surface area contributed by atoms with Crippen molar-refractivity contribution < 1.29 is 5.11 Å². The number of aryl methyl sites for hydroxylation is 1. The zero-order valence-corrected chi connectivity index (χ0v) is 11.5. The van der Waals surface area contributed by atoms with E-state index in [1.165, 1.54) is 5.56 Å². The Morgan fingerprint density at radius 3 is 2.06 bits per heavy atom. The average molecular weight is 242 g/mol. The lowest BCUT2D eigenvalue weighted by Gasteiger charge is -1.96. The van der Waals surface area contributed by atoms with Gasteiger partial charge in [0.25, 0.3) is 0 Å².